The van der Waals surface area contributed by atoms with Crippen molar-refractivity contribution in [1.29, 1.82) is 0 Å². The molecule has 0 spiro atoms. The van der Waals surface area contributed by atoms with Gasteiger partial charge >= 0.3 is 6.01 Å². The molecule has 21 heavy (non-hydrogen) atoms. The average molecular weight is 352 g/mol. The first kappa shape index (κ1) is 15.5. The van der Waals surface area contributed by atoms with Gasteiger partial charge in [0.25, 0.3) is 0 Å². The molecule has 2 aromatic rings. The SMILES string of the molecule is CCCOc1nc(N)nc(Nc2c(C)cc(Br)cc2C)n1. The normalized spacial score (nSPS) is 10.5. The van der Waals surface area contributed by atoms with Crippen molar-refractivity contribution in [2.75, 3.05) is 17.7 Å². The molecule has 0 saturated carbocycles. The van der Waals surface area contributed by atoms with Crippen LogP contribution < -0.4 is 15.8 Å². The van der Waals surface area contributed by atoms with E-state index in [1.54, 1.807) is 0 Å². The van der Waals surface area contributed by atoms with Gasteiger partial charge in [-0.15, -0.1) is 0 Å². The molecule has 0 fully saturated rings. The molecule has 0 aliphatic heterocycles. The van der Waals surface area contributed by atoms with Crippen molar-refractivity contribution in [3.8, 4) is 6.01 Å². The maximum atomic E-state index is 5.70. The van der Waals surface area contributed by atoms with Crippen molar-refractivity contribution >= 4 is 33.5 Å². The molecule has 112 valence electrons. The van der Waals surface area contributed by atoms with E-state index < -0.39 is 0 Å². The summed E-state index contributed by atoms with van der Waals surface area (Å²) in [7, 11) is 0. The largest absolute Gasteiger partial charge is 0.463 e. The molecule has 7 heteroatoms. The maximum absolute atomic E-state index is 5.70. The van der Waals surface area contributed by atoms with Gasteiger partial charge in [0, 0.05) is 10.2 Å². The second kappa shape index (κ2) is 6.71. The molecule has 1 aromatic heterocycles. The summed E-state index contributed by atoms with van der Waals surface area (Å²) in [5.41, 5.74) is 8.81. The van der Waals surface area contributed by atoms with E-state index in [4.69, 9.17) is 10.5 Å². The number of anilines is 3. The third kappa shape index (κ3) is 4.04. The van der Waals surface area contributed by atoms with Crippen LogP contribution in [-0.2, 0) is 0 Å². The summed E-state index contributed by atoms with van der Waals surface area (Å²) in [5, 5.41) is 3.18. The van der Waals surface area contributed by atoms with Crippen LogP contribution in [0.15, 0.2) is 16.6 Å². The Labute approximate surface area is 132 Å². The summed E-state index contributed by atoms with van der Waals surface area (Å²) in [6.07, 6.45) is 0.874. The molecule has 6 nitrogen and oxygen atoms in total. The Kier molecular flexibility index (Phi) is 4.95. The van der Waals surface area contributed by atoms with E-state index in [-0.39, 0.29) is 12.0 Å². The maximum Gasteiger partial charge on any atom is 0.323 e. The summed E-state index contributed by atoms with van der Waals surface area (Å²) in [6, 6.07) is 4.28. The van der Waals surface area contributed by atoms with Gasteiger partial charge in [-0.1, -0.05) is 22.9 Å². The van der Waals surface area contributed by atoms with Crippen molar-refractivity contribution in [3.63, 3.8) is 0 Å². The van der Waals surface area contributed by atoms with Gasteiger partial charge in [-0.3, -0.25) is 0 Å². The second-order valence-corrected chi connectivity index (χ2v) is 5.60. The molecule has 0 atom stereocenters. The van der Waals surface area contributed by atoms with Crippen molar-refractivity contribution in [2.45, 2.75) is 27.2 Å². The summed E-state index contributed by atoms with van der Waals surface area (Å²) in [6.45, 7) is 6.58. The van der Waals surface area contributed by atoms with Gasteiger partial charge in [0.05, 0.1) is 6.61 Å². The Morgan fingerprint density at radius 2 is 1.86 bits per heavy atom. The van der Waals surface area contributed by atoms with Crippen molar-refractivity contribution < 1.29 is 4.74 Å². The fourth-order valence-corrected chi connectivity index (χ4v) is 2.59. The second-order valence-electron chi connectivity index (χ2n) is 4.69. The quantitative estimate of drug-likeness (QED) is 0.858. The topological polar surface area (TPSA) is 86.0 Å². The van der Waals surface area contributed by atoms with E-state index in [2.05, 4.69) is 36.2 Å². The fraction of sp³-hybridized carbons (Fsp3) is 0.357. The summed E-state index contributed by atoms with van der Waals surface area (Å²) in [4.78, 5) is 12.3. The van der Waals surface area contributed by atoms with Crippen LogP contribution in [-0.4, -0.2) is 21.6 Å². The number of halogens is 1. The Hall–Kier alpha value is -1.89. The van der Waals surface area contributed by atoms with Crippen LogP contribution in [0.1, 0.15) is 24.5 Å². The first-order valence-corrected chi connectivity index (χ1v) is 7.47. The molecule has 0 unspecified atom stereocenters. The van der Waals surface area contributed by atoms with Crippen LogP contribution in [0.4, 0.5) is 17.6 Å². The van der Waals surface area contributed by atoms with Gasteiger partial charge in [0.15, 0.2) is 0 Å². The molecular formula is C14H18BrN5O. The minimum atomic E-state index is 0.131. The van der Waals surface area contributed by atoms with Gasteiger partial charge < -0.3 is 15.8 Å². The summed E-state index contributed by atoms with van der Waals surface area (Å²) in [5.74, 6) is 0.508. The van der Waals surface area contributed by atoms with E-state index in [0.29, 0.717) is 12.6 Å². The number of ether oxygens (including phenoxy) is 1. The average Bonchev–Trinajstić information content (AvgIpc) is 2.40. The van der Waals surface area contributed by atoms with E-state index >= 15 is 0 Å². The molecule has 0 saturated heterocycles. The lowest BCUT2D eigenvalue weighted by molar-refractivity contribution is 0.292. The van der Waals surface area contributed by atoms with Gasteiger partial charge in [-0.2, -0.15) is 15.0 Å². The molecule has 1 heterocycles. The van der Waals surface area contributed by atoms with Gasteiger partial charge in [-0.05, 0) is 43.5 Å². The molecule has 1 aromatic carbocycles. The standard InChI is InChI=1S/C14H18BrN5O/c1-4-5-21-14-19-12(16)18-13(20-14)17-11-8(2)6-10(15)7-9(11)3/h6-7H,4-5H2,1-3H3,(H3,16,17,18,19,20). The molecule has 0 amide bonds. The zero-order valence-corrected chi connectivity index (χ0v) is 13.9. The van der Waals surface area contributed by atoms with Gasteiger partial charge in [0.1, 0.15) is 0 Å². The predicted octanol–water partition coefficient (Wildman–Crippen LogP) is 3.37. The highest BCUT2D eigenvalue weighted by Gasteiger charge is 2.09. The van der Waals surface area contributed by atoms with E-state index in [1.807, 2.05) is 32.9 Å². The van der Waals surface area contributed by atoms with Gasteiger partial charge in [-0.25, -0.2) is 0 Å². The zero-order valence-electron chi connectivity index (χ0n) is 12.3. The van der Waals surface area contributed by atoms with Crippen LogP contribution in [0.2, 0.25) is 0 Å². The number of aromatic nitrogens is 3. The highest BCUT2D eigenvalue weighted by molar-refractivity contribution is 9.10. The number of hydrogen-bond acceptors (Lipinski definition) is 6. The highest BCUT2D eigenvalue weighted by atomic mass is 79.9. The molecular weight excluding hydrogens is 334 g/mol. The third-order valence-electron chi connectivity index (χ3n) is 2.80. The molecule has 0 radical (unpaired) electrons. The van der Waals surface area contributed by atoms with Gasteiger partial charge in [0.2, 0.25) is 11.9 Å². The number of nitrogen functional groups attached to an aromatic ring is 1. The number of rotatable bonds is 5. The lowest BCUT2D eigenvalue weighted by Gasteiger charge is -2.13. The number of benzene rings is 1. The Bertz CT molecular complexity index is 624. The monoisotopic (exact) mass is 351 g/mol. The van der Waals surface area contributed by atoms with Crippen LogP contribution in [0, 0.1) is 13.8 Å². The van der Waals surface area contributed by atoms with Crippen LogP contribution in [0.5, 0.6) is 6.01 Å². The molecule has 2 rings (SSSR count). The smallest absolute Gasteiger partial charge is 0.323 e. The number of nitrogens with two attached hydrogens (primary N) is 1. The number of aryl methyl sites for hydroxylation is 2. The van der Waals surface area contributed by atoms with Crippen molar-refractivity contribution in [3.05, 3.63) is 27.7 Å². The van der Waals surface area contributed by atoms with Crippen LogP contribution in [0.3, 0.4) is 0 Å². The molecule has 0 aliphatic rings. The first-order chi connectivity index (χ1) is 9.99. The first-order valence-electron chi connectivity index (χ1n) is 6.67. The fourth-order valence-electron chi connectivity index (χ4n) is 1.91. The van der Waals surface area contributed by atoms with E-state index in [0.717, 1.165) is 27.7 Å². The minimum Gasteiger partial charge on any atom is -0.463 e. The van der Waals surface area contributed by atoms with Crippen LogP contribution in [0.25, 0.3) is 0 Å². The minimum absolute atomic E-state index is 0.131. The zero-order chi connectivity index (χ0) is 15.4. The lowest BCUT2D eigenvalue weighted by Crippen LogP contribution is -2.08. The van der Waals surface area contributed by atoms with E-state index in [9.17, 15) is 0 Å². The summed E-state index contributed by atoms with van der Waals surface area (Å²) < 4.78 is 6.44. The van der Waals surface area contributed by atoms with E-state index in [1.165, 1.54) is 0 Å². The summed E-state index contributed by atoms with van der Waals surface area (Å²) >= 11 is 3.48. The lowest BCUT2D eigenvalue weighted by atomic mass is 10.1. The van der Waals surface area contributed by atoms with Crippen molar-refractivity contribution in [2.24, 2.45) is 0 Å². The Balaban J connectivity index is 2.29. The molecule has 0 aliphatic carbocycles. The predicted molar refractivity (Wildman–Crippen MR) is 86.9 cm³/mol. The van der Waals surface area contributed by atoms with Crippen LogP contribution >= 0.6 is 15.9 Å². The Morgan fingerprint density at radius 1 is 1.19 bits per heavy atom. The number of nitrogens with one attached hydrogen (secondary N) is 1. The highest BCUT2D eigenvalue weighted by Crippen LogP contribution is 2.27. The van der Waals surface area contributed by atoms with Crippen molar-refractivity contribution in [1.82, 2.24) is 15.0 Å². The Morgan fingerprint density at radius 3 is 2.48 bits per heavy atom. The third-order valence-corrected chi connectivity index (χ3v) is 3.26. The molecule has 0 bridgehead atoms. The number of nitrogens with zero attached hydrogens (tertiary/aromatic N) is 3. The molecule has 3 N–H and O–H groups in total. The number of hydrogen-bond donors (Lipinski definition) is 2.